The first-order valence-corrected chi connectivity index (χ1v) is 8.59. The molecule has 1 heterocycles. The van der Waals surface area contributed by atoms with Gasteiger partial charge in [0.2, 0.25) is 10.0 Å². The number of hydrogen-bond donors (Lipinski definition) is 2. The van der Waals surface area contributed by atoms with Crippen LogP contribution in [0.15, 0.2) is 29.4 Å². The Morgan fingerprint density at radius 3 is 2.90 bits per heavy atom. The van der Waals surface area contributed by atoms with Gasteiger partial charge in [-0.25, -0.2) is 18.1 Å². The summed E-state index contributed by atoms with van der Waals surface area (Å²) in [5.41, 5.74) is 2.44. The zero-order chi connectivity index (χ0) is 14.7. The lowest BCUT2D eigenvalue weighted by Gasteiger charge is -2.08. The number of aryl methyl sites for hydroxylation is 3. The molecule has 0 aliphatic heterocycles. The van der Waals surface area contributed by atoms with Crippen LogP contribution < -0.4 is 4.72 Å². The van der Waals surface area contributed by atoms with Crippen LogP contribution in [0.3, 0.4) is 0 Å². The van der Waals surface area contributed by atoms with Crippen LogP contribution >= 0.6 is 0 Å². The van der Waals surface area contributed by atoms with Crippen molar-refractivity contribution in [3.8, 4) is 0 Å². The minimum atomic E-state index is -3.42. The van der Waals surface area contributed by atoms with E-state index in [4.69, 9.17) is 0 Å². The van der Waals surface area contributed by atoms with Crippen molar-refractivity contribution in [3.05, 3.63) is 41.5 Å². The van der Waals surface area contributed by atoms with Gasteiger partial charge in [0.1, 0.15) is 12.2 Å². The summed E-state index contributed by atoms with van der Waals surface area (Å²) < 4.78 is 27.1. The maximum Gasteiger partial charge on any atom is 0.240 e. The summed E-state index contributed by atoms with van der Waals surface area (Å²) in [5.74, 6) is 0.770. The van der Waals surface area contributed by atoms with Crippen LogP contribution in [0.2, 0.25) is 0 Å². The Bertz CT molecular complexity index is 711. The van der Waals surface area contributed by atoms with E-state index in [1.807, 2.05) is 6.07 Å². The molecule has 2 aromatic rings. The third-order valence-corrected chi connectivity index (χ3v) is 5.19. The summed E-state index contributed by atoms with van der Waals surface area (Å²) in [6.07, 6.45) is 5.95. The highest BCUT2D eigenvalue weighted by molar-refractivity contribution is 7.89. The highest BCUT2D eigenvalue weighted by atomic mass is 32.2. The van der Waals surface area contributed by atoms with Crippen LogP contribution in [-0.4, -0.2) is 30.1 Å². The van der Waals surface area contributed by atoms with Crippen molar-refractivity contribution in [1.29, 1.82) is 0 Å². The van der Waals surface area contributed by atoms with E-state index in [0.717, 1.165) is 25.1 Å². The molecule has 0 saturated carbocycles. The molecule has 7 heteroatoms. The van der Waals surface area contributed by atoms with Crippen molar-refractivity contribution in [2.24, 2.45) is 0 Å². The minimum absolute atomic E-state index is 0.364. The second-order valence-electron chi connectivity index (χ2n) is 5.22. The molecular weight excluding hydrogens is 288 g/mol. The molecule has 0 radical (unpaired) electrons. The van der Waals surface area contributed by atoms with Crippen LogP contribution in [0.5, 0.6) is 0 Å². The zero-order valence-electron chi connectivity index (χ0n) is 11.7. The van der Waals surface area contributed by atoms with Gasteiger partial charge in [-0.2, -0.15) is 5.10 Å². The van der Waals surface area contributed by atoms with Crippen LogP contribution in [0, 0.1) is 0 Å². The summed E-state index contributed by atoms with van der Waals surface area (Å²) in [7, 11) is -3.42. The van der Waals surface area contributed by atoms with Crippen molar-refractivity contribution < 1.29 is 8.42 Å². The molecule has 1 aromatic heterocycles. The Morgan fingerprint density at radius 2 is 2.10 bits per heavy atom. The molecule has 2 N–H and O–H groups in total. The Balaban J connectivity index is 1.59. The SMILES string of the molecule is O=S(=O)(NCCCc1ncn[nH]1)c1ccc2c(c1)CCC2. The average molecular weight is 306 g/mol. The van der Waals surface area contributed by atoms with Gasteiger partial charge < -0.3 is 0 Å². The average Bonchev–Trinajstić information content (AvgIpc) is 3.13. The molecule has 1 aliphatic rings. The van der Waals surface area contributed by atoms with Gasteiger partial charge in [0.25, 0.3) is 0 Å². The van der Waals surface area contributed by atoms with Gasteiger partial charge in [0, 0.05) is 13.0 Å². The van der Waals surface area contributed by atoms with Gasteiger partial charge in [-0.15, -0.1) is 0 Å². The third-order valence-electron chi connectivity index (χ3n) is 3.73. The maximum atomic E-state index is 12.2. The quantitative estimate of drug-likeness (QED) is 0.785. The molecule has 112 valence electrons. The fourth-order valence-electron chi connectivity index (χ4n) is 2.61. The van der Waals surface area contributed by atoms with Gasteiger partial charge in [-0.3, -0.25) is 5.10 Å². The number of benzene rings is 1. The smallest absolute Gasteiger partial charge is 0.240 e. The maximum absolute atomic E-state index is 12.2. The lowest BCUT2D eigenvalue weighted by atomic mass is 10.1. The van der Waals surface area contributed by atoms with E-state index in [1.54, 1.807) is 12.1 Å². The number of nitrogens with zero attached hydrogens (tertiary/aromatic N) is 2. The number of H-pyrrole nitrogens is 1. The van der Waals surface area contributed by atoms with E-state index in [9.17, 15) is 8.42 Å². The Labute approximate surface area is 124 Å². The molecule has 0 amide bonds. The predicted octanol–water partition coefficient (Wildman–Crippen LogP) is 1.20. The fourth-order valence-corrected chi connectivity index (χ4v) is 3.74. The molecule has 0 atom stereocenters. The topological polar surface area (TPSA) is 87.7 Å². The molecule has 1 aromatic carbocycles. The van der Waals surface area contributed by atoms with Crippen LogP contribution in [0.25, 0.3) is 0 Å². The Hall–Kier alpha value is -1.73. The molecule has 0 saturated heterocycles. The summed E-state index contributed by atoms with van der Waals surface area (Å²) >= 11 is 0. The van der Waals surface area contributed by atoms with E-state index in [0.29, 0.717) is 24.3 Å². The van der Waals surface area contributed by atoms with Crippen molar-refractivity contribution in [2.75, 3.05) is 6.54 Å². The summed E-state index contributed by atoms with van der Waals surface area (Å²) in [5, 5.41) is 6.51. The van der Waals surface area contributed by atoms with Gasteiger partial charge in [-0.05, 0) is 48.9 Å². The minimum Gasteiger partial charge on any atom is -0.263 e. The summed E-state index contributed by atoms with van der Waals surface area (Å²) in [6, 6.07) is 5.44. The normalized spacial score (nSPS) is 14.3. The van der Waals surface area contributed by atoms with Crippen LogP contribution in [0.1, 0.15) is 29.8 Å². The van der Waals surface area contributed by atoms with E-state index < -0.39 is 10.0 Å². The molecular formula is C14H18N4O2S. The number of hydrogen-bond acceptors (Lipinski definition) is 4. The number of rotatable bonds is 6. The number of aromatic amines is 1. The standard InChI is InChI=1S/C14H18N4O2S/c19-21(20,17-8-2-5-14-15-10-16-18-14)13-7-6-11-3-1-4-12(11)9-13/h6-7,9-10,17H,1-5,8H2,(H,15,16,18). The molecule has 3 rings (SSSR count). The molecule has 0 bridgehead atoms. The molecule has 0 unspecified atom stereocenters. The first-order chi connectivity index (χ1) is 10.1. The largest absolute Gasteiger partial charge is 0.263 e. The zero-order valence-corrected chi connectivity index (χ0v) is 12.5. The lowest BCUT2D eigenvalue weighted by Crippen LogP contribution is -2.25. The lowest BCUT2D eigenvalue weighted by molar-refractivity contribution is 0.578. The van der Waals surface area contributed by atoms with Crippen molar-refractivity contribution in [2.45, 2.75) is 37.0 Å². The van der Waals surface area contributed by atoms with E-state index >= 15 is 0 Å². The van der Waals surface area contributed by atoms with E-state index in [1.165, 1.54) is 17.5 Å². The number of fused-ring (bicyclic) bond motifs is 1. The van der Waals surface area contributed by atoms with Crippen molar-refractivity contribution >= 4 is 10.0 Å². The highest BCUT2D eigenvalue weighted by Crippen LogP contribution is 2.24. The summed E-state index contributed by atoms with van der Waals surface area (Å²) in [4.78, 5) is 4.37. The van der Waals surface area contributed by atoms with E-state index in [2.05, 4.69) is 19.9 Å². The number of nitrogens with one attached hydrogen (secondary N) is 2. The molecule has 1 aliphatic carbocycles. The van der Waals surface area contributed by atoms with Crippen molar-refractivity contribution in [1.82, 2.24) is 19.9 Å². The molecule has 0 spiro atoms. The van der Waals surface area contributed by atoms with Crippen LogP contribution in [-0.2, 0) is 29.3 Å². The fraction of sp³-hybridized carbons (Fsp3) is 0.429. The predicted molar refractivity (Wildman–Crippen MR) is 78.4 cm³/mol. The van der Waals surface area contributed by atoms with Gasteiger partial charge in [-0.1, -0.05) is 6.07 Å². The monoisotopic (exact) mass is 306 g/mol. The van der Waals surface area contributed by atoms with Crippen LogP contribution in [0.4, 0.5) is 0 Å². The second-order valence-corrected chi connectivity index (χ2v) is 6.98. The van der Waals surface area contributed by atoms with Crippen molar-refractivity contribution in [3.63, 3.8) is 0 Å². The Morgan fingerprint density at radius 1 is 1.24 bits per heavy atom. The first-order valence-electron chi connectivity index (χ1n) is 7.11. The third kappa shape index (κ3) is 3.30. The van der Waals surface area contributed by atoms with Gasteiger partial charge in [0.15, 0.2) is 0 Å². The number of sulfonamides is 1. The van der Waals surface area contributed by atoms with E-state index in [-0.39, 0.29) is 0 Å². The first kappa shape index (κ1) is 14.2. The molecule has 0 fully saturated rings. The Kier molecular flexibility index (Phi) is 4.03. The molecule has 21 heavy (non-hydrogen) atoms. The summed E-state index contributed by atoms with van der Waals surface area (Å²) in [6.45, 7) is 0.389. The second kappa shape index (κ2) is 5.95. The van der Waals surface area contributed by atoms with Gasteiger partial charge in [0.05, 0.1) is 4.90 Å². The highest BCUT2D eigenvalue weighted by Gasteiger charge is 2.17. The molecule has 6 nitrogen and oxygen atoms in total. The number of aromatic nitrogens is 3. The van der Waals surface area contributed by atoms with Gasteiger partial charge >= 0.3 is 0 Å².